The minimum Gasteiger partial charge on any atom is -0.388 e. The van der Waals surface area contributed by atoms with Crippen LogP contribution in [0.1, 0.15) is 19.8 Å². The first-order chi connectivity index (χ1) is 6.69. The van der Waals surface area contributed by atoms with Gasteiger partial charge >= 0.3 is 0 Å². The molecule has 14 heavy (non-hydrogen) atoms. The van der Waals surface area contributed by atoms with E-state index >= 15 is 0 Å². The molecule has 0 saturated carbocycles. The van der Waals surface area contributed by atoms with Crippen molar-refractivity contribution in [3.8, 4) is 0 Å². The molecule has 3 atom stereocenters. The Bertz CT molecular complexity index is 125. The van der Waals surface area contributed by atoms with Gasteiger partial charge in [0.05, 0.1) is 18.8 Å². The molecule has 0 radical (unpaired) electrons. The highest BCUT2D eigenvalue weighted by Gasteiger charge is 2.22. The Labute approximate surface area is 86.2 Å². The lowest BCUT2D eigenvalue weighted by Gasteiger charge is -2.24. The van der Waals surface area contributed by atoms with Crippen molar-refractivity contribution in [1.82, 2.24) is 0 Å². The summed E-state index contributed by atoms with van der Waals surface area (Å²) in [5, 5.41) is 9.64. The standard InChI is InChI=1S/C10H22O4/c1-5-8(13-3)6-10(14-4)9(11)7-12-2/h8-11H,5-7H2,1-4H3/t8-,9-,10+/m1/s1. The second-order valence-corrected chi connectivity index (χ2v) is 3.30. The summed E-state index contributed by atoms with van der Waals surface area (Å²) in [7, 11) is 4.82. The van der Waals surface area contributed by atoms with Crippen LogP contribution in [0.15, 0.2) is 0 Å². The molecule has 0 aromatic rings. The molecule has 0 aliphatic rings. The number of aliphatic hydroxyl groups is 1. The van der Waals surface area contributed by atoms with Crippen molar-refractivity contribution < 1.29 is 19.3 Å². The average molecular weight is 206 g/mol. The first kappa shape index (κ1) is 13.8. The molecule has 86 valence electrons. The average Bonchev–Trinajstić information content (AvgIpc) is 2.20. The second-order valence-electron chi connectivity index (χ2n) is 3.30. The number of methoxy groups -OCH3 is 3. The molecule has 4 heteroatoms. The molecule has 0 fully saturated rings. The maximum Gasteiger partial charge on any atom is 0.103 e. The maximum absolute atomic E-state index is 9.64. The van der Waals surface area contributed by atoms with Crippen LogP contribution in [0.2, 0.25) is 0 Å². The predicted octanol–water partition coefficient (Wildman–Crippen LogP) is 0.824. The summed E-state index contributed by atoms with van der Waals surface area (Å²) < 4.78 is 15.3. The zero-order chi connectivity index (χ0) is 11.0. The van der Waals surface area contributed by atoms with E-state index in [1.54, 1.807) is 21.3 Å². The van der Waals surface area contributed by atoms with E-state index in [-0.39, 0.29) is 12.2 Å². The Morgan fingerprint density at radius 2 is 1.79 bits per heavy atom. The molecule has 0 aromatic heterocycles. The molecule has 0 aliphatic heterocycles. The number of hydrogen-bond donors (Lipinski definition) is 1. The van der Waals surface area contributed by atoms with Gasteiger partial charge in [-0.15, -0.1) is 0 Å². The van der Waals surface area contributed by atoms with E-state index in [9.17, 15) is 5.11 Å². The summed E-state index contributed by atoms with van der Waals surface area (Å²) in [5.41, 5.74) is 0. The van der Waals surface area contributed by atoms with Crippen LogP contribution < -0.4 is 0 Å². The first-order valence-electron chi connectivity index (χ1n) is 4.92. The fourth-order valence-corrected chi connectivity index (χ4v) is 1.38. The zero-order valence-corrected chi connectivity index (χ0v) is 9.53. The van der Waals surface area contributed by atoms with E-state index in [1.807, 2.05) is 6.92 Å². The van der Waals surface area contributed by atoms with Crippen LogP contribution >= 0.6 is 0 Å². The quantitative estimate of drug-likeness (QED) is 0.639. The van der Waals surface area contributed by atoms with Gasteiger partial charge in [-0.1, -0.05) is 6.92 Å². The monoisotopic (exact) mass is 206 g/mol. The highest BCUT2D eigenvalue weighted by Crippen LogP contribution is 2.12. The Balaban J connectivity index is 3.98. The van der Waals surface area contributed by atoms with Crippen molar-refractivity contribution in [2.24, 2.45) is 0 Å². The van der Waals surface area contributed by atoms with Crippen molar-refractivity contribution >= 4 is 0 Å². The van der Waals surface area contributed by atoms with E-state index in [0.29, 0.717) is 13.0 Å². The number of hydrogen-bond acceptors (Lipinski definition) is 4. The summed E-state index contributed by atoms with van der Waals surface area (Å²) in [4.78, 5) is 0. The van der Waals surface area contributed by atoms with Crippen molar-refractivity contribution in [2.75, 3.05) is 27.9 Å². The molecular weight excluding hydrogens is 184 g/mol. The Hall–Kier alpha value is -0.160. The van der Waals surface area contributed by atoms with Crippen LogP contribution in [0.3, 0.4) is 0 Å². The van der Waals surface area contributed by atoms with Crippen LogP contribution in [-0.2, 0) is 14.2 Å². The van der Waals surface area contributed by atoms with Gasteiger partial charge in [0.25, 0.3) is 0 Å². The van der Waals surface area contributed by atoms with Gasteiger partial charge in [-0.2, -0.15) is 0 Å². The molecular formula is C10H22O4. The Morgan fingerprint density at radius 3 is 2.14 bits per heavy atom. The smallest absolute Gasteiger partial charge is 0.103 e. The molecule has 0 bridgehead atoms. The van der Waals surface area contributed by atoms with Crippen molar-refractivity contribution in [3.63, 3.8) is 0 Å². The SMILES string of the molecule is CC[C@H](C[C@H](OC)[C@H](O)COC)OC. The van der Waals surface area contributed by atoms with E-state index < -0.39 is 6.10 Å². The van der Waals surface area contributed by atoms with E-state index in [4.69, 9.17) is 14.2 Å². The lowest BCUT2D eigenvalue weighted by molar-refractivity contribution is -0.0699. The van der Waals surface area contributed by atoms with Crippen LogP contribution in [0.25, 0.3) is 0 Å². The Kier molecular flexibility index (Phi) is 8.08. The first-order valence-corrected chi connectivity index (χ1v) is 4.92. The normalized spacial score (nSPS) is 17.8. The third-order valence-corrected chi connectivity index (χ3v) is 2.35. The van der Waals surface area contributed by atoms with Gasteiger partial charge in [0, 0.05) is 27.8 Å². The molecule has 0 spiro atoms. The summed E-state index contributed by atoms with van der Waals surface area (Å²) in [6.07, 6.45) is 0.921. The highest BCUT2D eigenvalue weighted by molar-refractivity contribution is 4.72. The summed E-state index contributed by atoms with van der Waals surface area (Å²) in [5.74, 6) is 0. The zero-order valence-electron chi connectivity index (χ0n) is 9.53. The second kappa shape index (κ2) is 8.17. The third kappa shape index (κ3) is 4.91. The van der Waals surface area contributed by atoms with E-state index in [2.05, 4.69) is 0 Å². The molecule has 0 saturated heterocycles. The number of ether oxygens (including phenoxy) is 3. The summed E-state index contributed by atoms with van der Waals surface area (Å²) in [6, 6.07) is 0. The largest absolute Gasteiger partial charge is 0.388 e. The summed E-state index contributed by atoms with van der Waals surface area (Å²) in [6.45, 7) is 2.34. The minimum absolute atomic E-state index is 0.131. The van der Waals surface area contributed by atoms with Gasteiger partial charge in [-0.25, -0.2) is 0 Å². The predicted molar refractivity (Wildman–Crippen MR) is 54.4 cm³/mol. The van der Waals surface area contributed by atoms with Gasteiger partial charge in [-0.3, -0.25) is 0 Å². The van der Waals surface area contributed by atoms with E-state index in [0.717, 1.165) is 6.42 Å². The molecule has 0 unspecified atom stereocenters. The molecule has 1 N–H and O–H groups in total. The Morgan fingerprint density at radius 1 is 1.14 bits per heavy atom. The fraction of sp³-hybridized carbons (Fsp3) is 1.00. The summed E-state index contributed by atoms with van der Waals surface area (Å²) >= 11 is 0. The lowest BCUT2D eigenvalue weighted by atomic mass is 10.1. The van der Waals surface area contributed by atoms with Gasteiger partial charge < -0.3 is 19.3 Å². The van der Waals surface area contributed by atoms with Crippen molar-refractivity contribution in [3.05, 3.63) is 0 Å². The van der Waals surface area contributed by atoms with Gasteiger partial charge in [0.15, 0.2) is 0 Å². The topological polar surface area (TPSA) is 47.9 Å². The van der Waals surface area contributed by atoms with Gasteiger partial charge in [0.2, 0.25) is 0 Å². The minimum atomic E-state index is -0.589. The van der Waals surface area contributed by atoms with Crippen LogP contribution in [0.4, 0.5) is 0 Å². The molecule has 0 amide bonds. The molecule has 4 nitrogen and oxygen atoms in total. The number of rotatable bonds is 8. The van der Waals surface area contributed by atoms with Crippen LogP contribution in [-0.4, -0.2) is 51.4 Å². The van der Waals surface area contributed by atoms with Crippen molar-refractivity contribution in [1.29, 1.82) is 0 Å². The van der Waals surface area contributed by atoms with Gasteiger partial charge in [0.1, 0.15) is 6.10 Å². The van der Waals surface area contributed by atoms with Crippen LogP contribution in [0.5, 0.6) is 0 Å². The third-order valence-electron chi connectivity index (χ3n) is 2.35. The fourth-order valence-electron chi connectivity index (χ4n) is 1.38. The van der Waals surface area contributed by atoms with E-state index in [1.165, 1.54) is 0 Å². The molecule has 0 rings (SSSR count). The molecule has 0 aliphatic carbocycles. The lowest BCUT2D eigenvalue weighted by Crippen LogP contribution is -2.35. The number of aliphatic hydroxyl groups excluding tert-OH is 1. The molecule has 0 aromatic carbocycles. The highest BCUT2D eigenvalue weighted by atomic mass is 16.5. The molecule has 0 heterocycles. The van der Waals surface area contributed by atoms with Gasteiger partial charge in [-0.05, 0) is 6.42 Å². The van der Waals surface area contributed by atoms with Crippen molar-refractivity contribution in [2.45, 2.75) is 38.1 Å². The van der Waals surface area contributed by atoms with Crippen LogP contribution in [0, 0.1) is 0 Å². The maximum atomic E-state index is 9.64.